The Morgan fingerprint density at radius 1 is 1.26 bits per heavy atom. The minimum absolute atomic E-state index is 0.0215. The van der Waals surface area contributed by atoms with Crippen LogP contribution in [0.4, 0.5) is 0 Å². The van der Waals surface area contributed by atoms with Crippen LogP contribution in [0.25, 0.3) is 0 Å². The van der Waals surface area contributed by atoms with E-state index in [0.29, 0.717) is 5.41 Å². The molecule has 0 aromatic heterocycles. The van der Waals surface area contributed by atoms with Crippen molar-refractivity contribution in [2.24, 2.45) is 22.2 Å². The van der Waals surface area contributed by atoms with Gasteiger partial charge in [0, 0.05) is 6.92 Å². The molecule has 1 spiro atoms. The molecular weight excluding hydrogens is 236 g/mol. The molecule has 3 aliphatic carbocycles. The van der Waals surface area contributed by atoms with E-state index >= 15 is 0 Å². The quantitative estimate of drug-likeness (QED) is 0.525. The van der Waals surface area contributed by atoms with Crippen molar-refractivity contribution in [2.45, 2.75) is 66.4 Å². The van der Waals surface area contributed by atoms with Crippen molar-refractivity contribution in [3.63, 3.8) is 0 Å². The number of allylic oxidation sites excluding steroid dienone is 1. The van der Waals surface area contributed by atoms with Gasteiger partial charge in [-0.05, 0) is 53.9 Å². The smallest absolute Gasteiger partial charge is 0.303 e. The maximum absolute atomic E-state index is 11.3. The Hall–Kier alpha value is -0.790. The predicted molar refractivity (Wildman–Crippen MR) is 75.6 cm³/mol. The fourth-order valence-electron chi connectivity index (χ4n) is 5.33. The summed E-state index contributed by atoms with van der Waals surface area (Å²) in [7, 11) is 0. The van der Waals surface area contributed by atoms with Crippen molar-refractivity contribution in [1.29, 1.82) is 0 Å². The Morgan fingerprint density at radius 3 is 2.58 bits per heavy atom. The molecule has 0 aromatic rings. The topological polar surface area (TPSA) is 26.3 Å². The van der Waals surface area contributed by atoms with E-state index < -0.39 is 0 Å². The molecule has 3 atom stereocenters. The van der Waals surface area contributed by atoms with Crippen LogP contribution >= 0.6 is 0 Å². The van der Waals surface area contributed by atoms with E-state index in [2.05, 4.69) is 33.8 Å². The van der Waals surface area contributed by atoms with E-state index in [-0.39, 0.29) is 22.9 Å². The van der Waals surface area contributed by atoms with Crippen LogP contribution in [0.3, 0.4) is 0 Å². The molecule has 3 aliphatic rings. The Morgan fingerprint density at radius 2 is 1.95 bits per heavy atom. The lowest BCUT2D eigenvalue weighted by Crippen LogP contribution is -2.45. The number of carbonyl (C=O) groups is 1. The largest absolute Gasteiger partial charge is 0.458 e. The molecule has 2 nitrogen and oxygen atoms in total. The lowest BCUT2D eigenvalue weighted by atomic mass is 9.53. The number of rotatable bonds is 1. The maximum Gasteiger partial charge on any atom is 0.303 e. The number of fused-ring (bicyclic) bond motifs is 1. The zero-order valence-electron chi connectivity index (χ0n) is 12.9. The molecule has 3 rings (SSSR count). The summed E-state index contributed by atoms with van der Waals surface area (Å²) in [5.41, 5.74) is 2.48. The fourth-order valence-corrected chi connectivity index (χ4v) is 5.33. The van der Waals surface area contributed by atoms with E-state index in [1.807, 2.05) is 0 Å². The highest BCUT2D eigenvalue weighted by Crippen LogP contribution is 2.73. The van der Waals surface area contributed by atoms with Gasteiger partial charge in [-0.15, -0.1) is 0 Å². The number of hydrogen-bond acceptors (Lipinski definition) is 2. The number of esters is 1. The Labute approximate surface area is 116 Å². The average Bonchev–Trinajstić information content (AvgIpc) is 2.75. The van der Waals surface area contributed by atoms with Gasteiger partial charge < -0.3 is 4.74 Å². The van der Waals surface area contributed by atoms with Gasteiger partial charge >= 0.3 is 5.97 Å². The van der Waals surface area contributed by atoms with Crippen LogP contribution in [0, 0.1) is 22.2 Å². The van der Waals surface area contributed by atoms with Gasteiger partial charge in [0.1, 0.15) is 6.10 Å². The molecule has 2 heteroatoms. The first-order valence-corrected chi connectivity index (χ1v) is 7.59. The first-order chi connectivity index (χ1) is 8.69. The van der Waals surface area contributed by atoms with E-state index in [1.165, 1.54) is 26.2 Å². The van der Waals surface area contributed by atoms with E-state index in [9.17, 15) is 4.79 Å². The van der Waals surface area contributed by atoms with Crippen molar-refractivity contribution < 1.29 is 9.53 Å². The van der Waals surface area contributed by atoms with Crippen molar-refractivity contribution in [3.8, 4) is 0 Å². The summed E-state index contributed by atoms with van der Waals surface area (Å²) in [6.07, 6.45) is 7.28. The van der Waals surface area contributed by atoms with Crippen molar-refractivity contribution in [3.05, 3.63) is 11.6 Å². The van der Waals surface area contributed by atoms with Crippen LogP contribution in [0.15, 0.2) is 11.6 Å². The van der Waals surface area contributed by atoms with Crippen LogP contribution < -0.4 is 0 Å². The zero-order valence-corrected chi connectivity index (χ0v) is 12.9. The molecule has 0 aromatic carbocycles. The first kappa shape index (κ1) is 13.2. The third-order valence-electron chi connectivity index (χ3n) is 6.42. The van der Waals surface area contributed by atoms with Crippen molar-refractivity contribution in [1.82, 2.24) is 0 Å². The molecule has 0 amide bonds. The second kappa shape index (κ2) is 3.65. The van der Waals surface area contributed by atoms with Crippen LogP contribution in [0.5, 0.6) is 0 Å². The summed E-state index contributed by atoms with van der Waals surface area (Å²) in [6.45, 7) is 11.0. The van der Waals surface area contributed by atoms with E-state index in [1.54, 1.807) is 5.57 Å². The van der Waals surface area contributed by atoms with Gasteiger partial charge in [0.2, 0.25) is 0 Å². The summed E-state index contributed by atoms with van der Waals surface area (Å²) >= 11 is 0. The van der Waals surface area contributed by atoms with Gasteiger partial charge in [0.25, 0.3) is 0 Å². The van der Waals surface area contributed by atoms with Crippen molar-refractivity contribution in [2.75, 3.05) is 0 Å². The van der Waals surface area contributed by atoms with Crippen molar-refractivity contribution >= 4 is 5.97 Å². The summed E-state index contributed by atoms with van der Waals surface area (Å²) < 4.78 is 5.52. The van der Waals surface area contributed by atoms with Gasteiger partial charge in [-0.25, -0.2) is 0 Å². The highest BCUT2D eigenvalue weighted by molar-refractivity contribution is 5.66. The Balaban J connectivity index is 2.06. The molecule has 0 aliphatic heterocycles. The van der Waals surface area contributed by atoms with Gasteiger partial charge in [-0.3, -0.25) is 4.79 Å². The van der Waals surface area contributed by atoms with Gasteiger partial charge in [0.15, 0.2) is 0 Å². The van der Waals surface area contributed by atoms with Crippen LogP contribution in [-0.2, 0) is 9.53 Å². The third kappa shape index (κ3) is 1.58. The monoisotopic (exact) mass is 262 g/mol. The summed E-state index contributed by atoms with van der Waals surface area (Å²) in [5, 5.41) is 0. The predicted octanol–water partition coefficient (Wildman–Crippen LogP) is 4.10. The number of hydrogen-bond donors (Lipinski definition) is 0. The van der Waals surface area contributed by atoms with Crippen LogP contribution in [0.1, 0.15) is 60.3 Å². The summed E-state index contributed by atoms with van der Waals surface area (Å²) in [4.78, 5) is 11.3. The molecule has 0 saturated heterocycles. The number of ether oxygens (including phenoxy) is 1. The number of carbonyl (C=O) groups excluding carboxylic acids is 1. The van der Waals surface area contributed by atoms with Gasteiger partial charge in [-0.2, -0.15) is 0 Å². The van der Waals surface area contributed by atoms with E-state index in [0.717, 1.165) is 12.3 Å². The zero-order chi connectivity index (χ0) is 14.1. The lowest BCUT2D eigenvalue weighted by molar-refractivity contribution is -0.146. The minimum atomic E-state index is -0.158. The molecule has 106 valence electrons. The third-order valence-corrected chi connectivity index (χ3v) is 6.42. The SMILES string of the molecule is CC(=O)OC1C=C2C(C)(C)C3CCC2(C3)C(C)(C)C1. The highest BCUT2D eigenvalue weighted by atomic mass is 16.5. The standard InChI is InChI=1S/C17H26O2/c1-11(18)19-13-8-14-16(4,5)12-6-7-17(14,9-12)15(2,3)10-13/h8,12-13H,6-7,9-10H2,1-5H3. The molecule has 2 saturated carbocycles. The molecule has 3 unspecified atom stereocenters. The fraction of sp³-hybridized carbons (Fsp3) is 0.824. The normalized spacial score (nSPS) is 41.6. The lowest BCUT2D eigenvalue weighted by Gasteiger charge is -2.52. The highest BCUT2D eigenvalue weighted by Gasteiger charge is 2.65. The Kier molecular flexibility index (Phi) is 2.54. The first-order valence-electron chi connectivity index (χ1n) is 7.59. The molecular formula is C17H26O2. The van der Waals surface area contributed by atoms with Gasteiger partial charge in [-0.1, -0.05) is 33.3 Å². The summed E-state index contributed by atoms with van der Waals surface area (Å²) in [6, 6.07) is 0. The van der Waals surface area contributed by atoms with Crippen LogP contribution in [0.2, 0.25) is 0 Å². The molecule has 2 bridgehead atoms. The molecule has 0 heterocycles. The van der Waals surface area contributed by atoms with Gasteiger partial charge in [0.05, 0.1) is 0 Å². The Bertz CT molecular complexity index is 458. The maximum atomic E-state index is 11.3. The second-order valence-electron chi connectivity index (χ2n) is 8.06. The minimum Gasteiger partial charge on any atom is -0.458 e. The molecule has 0 N–H and O–H groups in total. The molecule has 2 fully saturated rings. The molecule has 0 radical (unpaired) electrons. The average molecular weight is 262 g/mol. The second-order valence-corrected chi connectivity index (χ2v) is 8.06. The molecule has 19 heavy (non-hydrogen) atoms. The summed E-state index contributed by atoms with van der Waals surface area (Å²) in [5.74, 6) is 0.656. The van der Waals surface area contributed by atoms with E-state index in [4.69, 9.17) is 4.74 Å². The van der Waals surface area contributed by atoms with Crippen LogP contribution in [-0.4, -0.2) is 12.1 Å².